The van der Waals surface area contributed by atoms with Gasteiger partial charge in [-0.05, 0) is 77.4 Å². The fourth-order valence-corrected chi connectivity index (χ4v) is 5.64. The molecule has 1 amide bonds. The molecule has 0 aliphatic carbocycles. The van der Waals surface area contributed by atoms with Crippen molar-refractivity contribution in [1.82, 2.24) is 15.1 Å². The number of carboxylic acids is 1. The van der Waals surface area contributed by atoms with Crippen molar-refractivity contribution in [3.63, 3.8) is 0 Å². The number of nitrogens with one attached hydrogen (secondary N) is 1. The molecule has 11 heteroatoms. The molecule has 0 saturated heterocycles. The molecule has 0 aliphatic rings. The quantitative estimate of drug-likeness (QED) is 0.132. The Morgan fingerprint density at radius 3 is 2.31 bits per heavy atom. The van der Waals surface area contributed by atoms with Gasteiger partial charge in [0.05, 0.1) is 43.6 Å². The van der Waals surface area contributed by atoms with Gasteiger partial charge in [-0.25, -0.2) is 0 Å². The fraction of sp³-hybridized carbons (Fsp3) is 0.270. The predicted molar refractivity (Wildman–Crippen MR) is 177 cm³/mol. The maximum atomic E-state index is 13.8. The van der Waals surface area contributed by atoms with Gasteiger partial charge in [-0.2, -0.15) is 18.3 Å². The minimum atomic E-state index is -4.56. The monoisotopic (exact) mass is 659 g/mol. The van der Waals surface area contributed by atoms with E-state index in [9.17, 15) is 22.8 Å². The lowest BCUT2D eigenvalue weighted by Gasteiger charge is -2.21. The second-order valence-corrected chi connectivity index (χ2v) is 11.4. The number of hydrogen-bond donors (Lipinski definition) is 2. The Balaban J connectivity index is 1.64. The average molecular weight is 660 g/mol. The van der Waals surface area contributed by atoms with Crippen molar-refractivity contribution in [2.75, 3.05) is 20.8 Å². The molecule has 1 unspecified atom stereocenters. The molecule has 0 radical (unpaired) electrons. The van der Waals surface area contributed by atoms with Crippen molar-refractivity contribution < 1.29 is 37.3 Å². The molecule has 1 atom stereocenters. The summed E-state index contributed by atoms with van der Waals surface area (Å²) in [5, 5.41) is 18.4. The van der Waals surface area contributed by atoms with Crippen LogP contribution in [0.4, 0.5) is 13.2 Å². The van der Waals surface area contributed by atoms with Gasteiger partial charge in [0.25, 0.3) is 5.91 Å². The number of rotatable bonds is 13. The first-order chi connectivity index (χ1) is 23.0. The number of unbranched alkanes of at least 4 members (excludes halogenated alkanes) is 1. The SMILES string of the molecule is CCCCC(c1ccc(C(=O)NCCC(=O)O)cc1)n1nc(-c2cc(C(F)(F)F)ccc2OC)cc1-c1ccc2cc(OC)ccc2c1. The highest BCUT2D eigenvalue weighted by Gasteiger charge is 2.32. The largest absolute Gasteiger partial charge is 0.497 e. The van der Waals surface area contributed by atoms with Crippen molar-refractivity contribution in [3.05, 3.63) is 102 Å². The number of hydrogen-bond acceptors (Lipinski definition) is 5. The first-order valence-corrected chi connectivity index (χ1v) is 15.6. The topological polar surface area (TPSA) is 103 Å². The van der Waals surface area contributed by atoms with E-state index in [-0.39, 0.29) is 36.2 Å². The molecule has 48 heavy (non-hydrogen) atoms. The van der Waals surface area contributed by atoms with Crippen molar-refractivity contribution >= 4 is 22.6 Å². The van der Waals surface area contributed by atoms with Crippen molar-refractivity contribution in [1.29, 1.82) is 0 Å². The second kappa shape index (κ2) is 14.6. The molecule has 4 aromatic carbocycles. The average Bonchev–Trinajstić information content (AvgIpc) is 3.52. The number of carbonyl (C=O) groups excluding carboxylic acids is 1. The van der Waals surface area contributed by atoms with Crippen LogP contribution in [-0.4, -0.2) is 47.5 Å². The molecule has 0 saturated carbocycles. The number of ether oxygens (including phenoxy) is 2. The minimum absolute atomic E-state index is 0.00596. The number of alkyl halides is 3. The molecule has 8 nitrogen and oxygen atoms in total. The summed E-state index contributed by atoms with van der Waals surface area (Å²) in [7, 11) is 3.01. The highest BCUT2D eigenvalue weighted by molar-refractivity contribution is 5.94. The van der Waals surface area contributed by atoms with Crippen LogP contribution in [-0.2, 0) is 11.0 Å². The summed E-state index contributed by atoms with van der Waals surface area (Å²) >= 11 is 0. The maximum absolute atomic E-state index is 13.8. The van der Waals surface area contributed by atoms with E-state index < -0.39 is 17.7 Å². The molecular weight excluding hydrogens is 623 g/mol. The third-order valence-corrected chi connectivity index (χ3v) is 8.19. The van der Waals surface area contributed by atoms with Crippen molar-refractivity contribution in [2.45, 2.75) is 44.8 Å². The van der Waals surface area contributed by atoms with Gasteiger partial charge in [0.1, 0.15) is 11.5 Å². The normalized spacial score (nSPS) is 12.1. The summed E-state index contributed by atoms with van der Waals surface area (Å²) in [6.07, 6.45) is -2.35. The zero-order valence-corrected chi connectivity index (χ0v) is 26.8. The van der Waals surface area contributed by atoms with E-state index in [2.05, 4.69) is 12.2 Å². The van der Waals surface area contributed by atoms with Gasteiger partial charge >= 0.3 is 12.1 Å². The Hall–Kier alpha value is -5.32. The summed E-state index contributed by atoms with van der Waals surface area (Å²) in [5.74, 6) is -0.418. The van der Waals surface area contributed by atoms with E-state index in [0.717, 1.165) is 52.6 Å². The summed E-state index contributed by atoms with van der Waals surface area (Å²) in [4.78, 5) is 23.5. The molecular formula is C37H36F3N3O5. The number of carboxylic acid groups (broad SMARTS) is 1. The van der Waals surface area contributed by atoms with Crippen LogP contribution in [0.2, 0.25) is 0 Å². The van der Waals surface area contributed by atoms with E-state index in [1.807, 2.05) is 53.2 Å². The summed E-state index contributed by atoms with van der Waals surface area (Å²) in [6.45, 7) is 2.08. The molecule has 5 aromatic rings. The first kappa shape index (κ1) is 34.0. The van der Waals surface area contributed by atoms with Crippen LogP contribution in [0, 0.1) is 0 Å². The van der Waals surface area contributed by atoms with Crippen LogP contribution in [0.5, 0.6) is 11.5 Å². The number of fused-ring (bicyclic) bond motifs is 1. The molecule has 1 aromatic heterocycles. The molecule has 1 heterocycles. The number of benzene rings is 4. The molecule has 2 N–H and O–H groups in total. The van der Waals surface area contributed by atoms with Crippen LogP contribution in [0.15, 0.2) is 84.9 Å². The standard InChI is InChI=1S/C37H36F3N3O5/c1-4-5-6-32(23-7-9-24(10-8-23)36(46)41-18-17-35(44)45)43-33(27-12-11-26-20-29(47-2)15-13-25(26)19-27)22-31(42-43)30-21-28(37(38,39)40)14-16-34(30)48-3/h7-16,19-22,32H,4-6,17-18H2,1-3H3,(H,41,46)(H,44,45). The number of carbonyl (C=O) groups is 2. The van der Waals surface area contributed by atoms with Gasteiger partial charge in [-0.1, -0.05) is 50.1 Å². The summed E-state index contributed by atoms with van der Waals surface area (Å²) < 4.78 is 54.2. The maximum Gasteiger partial charge on any atom is 0.416 e. The van der Waals surface area contributed by atoms with Crippen LogP contribution in [0.25, 0.3) is 33.3 Å². The number of amides is 1. The van der Waals surface area contributed by atoms with E-state index in [1.165, 1.54) is 13.2 Å². The second-order valence-electron chi connectivity index (χ2n) is 11.4. The smallest absolute Gasteiger partial charge is 0.416 e. The Bertz CT molecular complexity index is 1920. The number of aliphatic carboxylic acids is 1. The Morgan fingerprint density at radius 2 is 1.65 bits per heavy atom. The third-order valence-electron chi connectivity index (χ3n) is 8.19. The first-order valence-electron chi connectivity index (χ1n) is 15.6. The number of halogens is 3. The van der Waals surface area contributed by atoms with Gasteiger partial charge in [-0.3, -0.25) is 14.3 Å². The lowest BCUT2D eigenvalue weighted by molar-refractivity contribution is -0.138. The molecule has 0 aliphatic heterocycles. The summed E-state index contributed by atoms with van der Waals surface area (Å²) in [5.41, 5.74) is 2.45. The highest BCUT2D eigenvalue weighted by Crippen LogP contribution is 2.40. The van der Waals surface area contributed by atoms with Crippen LogP contribution in [0.1, 0.15) is 60.1 Å². The van der Waals surface area contributed by atoms with Gasteiger partial charge in [0.15, 0.2) is 0 Å². The minimum Gasteiger partial charge on any atom is -0.497 e. The van der Waals surface area contributed by atoms with Crippen LogP contribution < -0.4 is 14.8 Å². The van der Waals surface area contributed by atoms with E-state index in [4.69, 9.17) is 19.7 Å². The van der Waals surface area contributed by atoms with Crippen molar-refractivity contribution in [2.24, 2.45) is 0 Å². The summed E-state index contributed by atoms with van der Waals surface area (Å²) in [6, 6.07) is 23.5. The zero-order chi connectivity index (χ0) is 34.4. The Labute approximate surface area is 276 Å². The molecule has 250 valence electrons. The Morgan fingerprint density at radius 1 is 0.917 bits per heavy atom. The number of methoxy groups -OCH3 is 2. The fourth-order valence-electron chi connectivity index (χ4n) is 5.64. The van der Waals surface area contributed by atoms with E-state index >= 15 is 0 Å². The highest BCUT2D eigenvalue weighted by atomic mass is 19.4. The van der Waals surface area contributed by atoms with E-state index in [1.54, 1.807) is 25.3 Å². The molecule has 0 bridgehead atoms. The number of nitrogens with zero attached hydrogens (tertiary/aromatic N) is 2. The zero-order valence-electron chi connectivity index (χ0n) is 26.8. The molecule has 5 rings (SSSR count). The predicted octanol–water partition coefficient (Wildman–Crippen LogP) is 8.39. The lowest BCUT2D eigenvalue weighted by atomic mass is 9.98. The molecule has 0 spiro atoms. The third kappa shape index (κ3) is 7.62. The number of aromatic nitrogens is 2. The van der Waals surface area contributed by atoms with Gasteiger partial charge in [0, 0.05) is 23.2 Å². The molecule has 0 fully saturated rings. The van der Waals surface area contributed by atoms with Gasteiger partial charge in [0.2, 0.25) is 0 Å². The Kier molecular flexibility index (Phi) is 10.4. The lowest BCUT2D eigenvalue weighted by Crippen LogP contribution is -2.26. The van der Waals surface area contributed by atoms with Crippen LogP contribution >= 0.6 is 0 Å². The van der Waals surface area contributed by atoms with E-state index in [0.29, 0.717) is 23.4 Å². The van der Waals surface area contributed by atoms with Crippen molar-refractivity contribution in [3.8, 4) is 34.0 Å². The van der Waals surface area contributed by atoms with Gasteiger partial charge < -0.3 is 19.9 Å². The van der Waals surface area contributed by atoms with Gasteiger partial charge in [-0.15, -0.1) is 0 Å². The van der Waals surface area contributed by atoms with Crippen LogP contribution in [0.3, 0.4) is 0 Å².